The maximum absolute atomic E-state index is 13.3. The van der Waals surface area contributed by atoms with Crippen LogP contribution in [-0.4, -0.2) is 41.4 Å². The van der Waals surface area contributed by atoms with E-state index in [1.807, 2.05) is 48.2 Å². The molecule has 168 valence electrons. The summed E-state index contributed by atoms with van der Waals surface area (Å²) in [4.78, 5) is 17.8. The van der Waals surface area contributed by atoms with Gasteiger partial charge in [0, 0.05) is 37.2 Å². The molecule has 4 nitrogen and oxygen atoms in total. The maximum Gasteiger partial charge on any atom is 0.254 e. The summed E-state index contributed by atoms with van der Waals surface area (Å²) in [5, 5.41) is 0. The Morgan fingerprint density at radius 3 is 2.34 bits per heavy atom. The molecule has 0 aliphatic carbocycles. The van der Waals surface area contributed by atoms with Crippen LogP contribution in [0.25, 0.3) is 0 Å². The van der Waals surface area contributed by atoms with E-state index in [2.05, 4.69) is 56.0 Å². The first-order valence-corrected chi connectivity index (χ1v) is 11.6. The molecule has 1 fully saturated rings. The zero-order chi connectivity index (χ0) is 22.7. The van der Waals surface area contributed by atoms with Crippen LogP contribution in [-0.2, 0) is 6.54 Å². The second-order valence-corrected chi connectivity index (χ2v) is 9.40. The minimum absolute atomic E-state index is 0.114. The molecular formula is C28H34N2O2. The van der Waals surface area contributed by atoms with Gasteiger partial charge in [0.2, 0.25) is 0 Å². The van der Waals surface area contributed by atoms with Crippen molar-refractivity contribution in [3.05, 3.63) is 94.9 Å². The third kappa shape index (κ3) is 5.13. The van der Waals surface area contributed by atoms with Gasteiger partial charge in [0.05, 0.1) is 6.54 Å². The lowest BCUT2D eigenvalue weighted by atomic mass is 9.88. The van der Waals surface area contributed by atoms with Crippen LogP contribution in [0.1, 0.15) is 52.8 Å². The molecule has 0 saturated carbocycles. The highest BCUT2D eigenvalue weighted by Gasteiger charge is 2.36. The summed E-state index contributed by atoms with van der Waals surface area (Å²) < 4.78 is 5.85. The fourth-order valence-corrected chi connectivity index (χ4v) is 4.78. The van der Waals surface area contributed by atoms with Crippen molar-refractivity contribution < 1.29 is 9.21 Å². The predicted molar refractivity (Wildman–Crippen MR) is 129 cm³/mol. The van der Waals surface area contributed by atoms with Crippen LogP contribution in [0.3, 0.4) is 0 Å². The number of benzene rings is 2. The molecule has 2 atom stereocenters. The maximum atomic E-state index is 13.3. The number of likely N-dealkylation sites (tertiary alicyclic amines) is 1. The molecule has 0 spiro atoms. The summed E-state index contributed by atoms with van der Waals surface area (Å²) in [7, 11) is 0. The Balaban J connectivity index is 1.57. The molecule has 0 bridgehead atoms. The molecule has 0 unspecified atom stereocenters. The molecule has 2 aromatic carbocycles. The molecule has 2 heterocycles. The van der Waals surface area contributed by atoms with Crippen LogP contribution in [0.5, 0.6) is 0 Å². The molecule has 0 radical (unpaired) electrons. The Bertz CT molecular complexity index is 1020. The van der Waals surface area contributed by atoms with E-state index in [4.69, 9.17) is 4.42 Å². The molecule has 1 amide bonds. The van der Waals surface area contributed by atoms with E-state index < -0.39 is 0 Å². The highest BCUT2D eigenvalue weighted by Crippen LogP contribution is 2.35. The molecule has 1 aromatic heterocycles. The molecule has 1 saturated heterocycles. The number of amides is 1. The van der Waals surface area contributed by atoms with Gasteiger partial charge >= 0.3 is 0 Å². The molecule has 0 N–H and O–H groups in total. The van der Waals surface area contributed by atoms with Crippen molar-refractivity contribution in [3.8, 4) is 0 Å². The van der Waals surface area contributed by atoms with Crippen LogP contribution in [0.4, 0.5) is 0 Å². The highest BCUT2D eigenvalue weighted by molar-refractivity contribution is 5.94. The Kier molecular flexibility index (Phi) is 6.80. The lowest BCUT2D eigenvalue weighted by Gasteiger charge is -2.32. The quantitative estimate of drug-likeness (QED) is 0.485. The second kappa shape index (κ2) is 9.74. The summed E-state index contributed by atoms with van der Waals surface area (Å²) in [5.41, 5.74) is 3.39. The number of carbonyl (C=O) groups excluding carboxylic acids is 1. The zero-order valence-corrected chi connectivity index (χ0v) is 19.6. The van der Waals surface area contributed by atoms with Gasteiger partial charge in [0.25, 0.3) is 5.91 Å². The average Bonchev–Trinajstić information content (AvgIpc) is 3.38. The Hall–Kier alpha value is -2.85. The first-order chi connectivity index (χ1) is 15.4. The summed E-state index contributed by atoms with van der Waals surface area (Å²) in [6.07, 6.45) is 0. The summed E-state index contributed by atoms with van der Waals surface area (Å²) in [6.45, 7) is 11.8. The first-order valence-electron chi connectivity index (χ1n) is 11.6. The molecule has 32 heavy (non-hydrogen) atoms. The van der Waals surface area contributed by atoms with Gasteiger partial charge < -0.3 is 9.32 Å². The van der Waals surface area contributed by atoms with Crippen molar-refractivity contribution in [1.29, 1.82) is 0 Å². The average molecular weight is 431 g/mol. The largest absolute Gasteiger partial charge is 0.465 e. The molecule has 4 heteroatoms. The smallest absolute Gasteiger partial charge is 0.254 e. The minimum atomic E-state index is 0.114. The van der Waals surface area contributed by atoms with Crippen LogP contribution >= 0.6 is 0 Å². The summed E-state index contributed by atoms with van der Waals surface area (Å²) >= 11 is 0. The lowest BCUT2D eigenvalue weighted by molar-refractivity contribution is 0.0668. The van der Waals surface area contributed by atoms with Gasteiger partial charge in [-0.2, -0.15) is 0 Å². The van der Waals surface area contributed by atoms with Gasteiger partial charge in [-0.05, 0) is 63.4 Å². The number of hydrogen-bond acceptors (Lipinski definition) is 3. The number of nitrogens with zero attached hydrogens (tertiary/aromatic N) is 2. The first kappa shape index (κ1) is 22.3. The van der Waals surface area contributed by atoms with E-state index >= 15 is 0 Å². The number of rotatable bonds is 7. The van der Waals surface area contributed by atoms with Gasteiger partial charge in [-0.1, -0.05) is 48.0 Å². The zero-order valence-electron chi connectivity index (χ0n) is 19.6. The van der Waals surface area contributed by atoms with Crippen molar-refractivity contribution in [2.24, 2.45) is 5.92 Å². The van der Waals surface area contributed by atoms with Crippen molar-refractivity contribution in [1.82, 2.24) is 9.80 Å². The van der Waals surface area contributed by atoms with Gasteiger partial charge in [0.1, 0.15) is 11.5 Å². The highest BCUT2D eigenvalue weighted by atomic mass is 16.3. The van der Waals surface area contributed by atoms with E-state index in [0.29, 0.717) is 11.8 Å². The number of furan rings is 1. The fraction of sp³-hybridized carbons (Fsp3) is 0.393. The van der Waals surface area contributed by atoms with E-state index in [1.54, 1.807) is 0 Å². The number of hydrogen-bond donors (Lipinski definition) is 0. The monoisotopic (exact) mass is 430 g/mol. The normalized spacial score (nSPS) is 18.9. The number of aryl methyl sites for hydroxylation is 2. The van der Waals surface area contributed by atoms with E-state index in [0.717, 1.165) is 43.3 Å². The Morgan fingerprint density at radius 1 is 1.00 bits per heavy atom. The Morgan fingerprint density at radius 2 is 1.72 bits per heavy atom. The van der Waals surface area contributed by atoms with Crippen LogP contribution in [0.15, 0.2) is 71.1 Å². The van der Waals surface area contributed by atoms with Crippen molar-refractivity contribution >= 4 is 5.91 Å². The minimum Gasteiger partial charge on any atom is -0.465 e. The topological polar surface area (TPSA) is 36.7 Å². The summed E-state index contributed by atoms with van der Waals surface area (Å²) in [6, 6.07) is 22.8. The lowest BCUT2D eigenvalue weighted by Crippen LogP contribution is -2.42. The standard InChI is InChI=1S/C28H34N2O2/c1-20(2)30(28(31)24-8-6-5-7-9-24)17-25-16-29(18-26-15-12-22(4)32-26)19-27(25)23-13-10-21(3)11-14-23/h5-15,20,25,27H,16-19H2,1-4H3/t25-,27-/m0/s1. The third-order valence-corrected chi connectivity index (χ3v) is 6.53. The van der Waals surface area contributed by atoms with Gasteiger partial charge in [-0.15, -0.1) is 0 Å². The SMILES string of the molecule is Cc1ccc([C@@H]2CN(Cc3ccc(C)o3)C[C@H]2CN(C(=O)c2ccccc2)C(C)C)cc1. The van der Waals surface area contributed by atoms with Crippen molar-refractivity contribution in [3.63, 3.8) is 0 Å². The molecule has 1 aliphatic rings. The van der Waals surface area contributed by atoms with Gasteiger partial charge in [0.15, 0.2) is 0 Å². The van der Waals surface area contributed by atoms with E-state index in [9.17, 15) is 4.79 Å². The van der Waals surface area contributed by atoms with Gasteiger partial charge in [-0.25, -0.2) is 0 Å². The van der Waals surface area contributed by atoms with Gasteiger partial charge in [-0.3, -0.25) is 9.69 Å². The fourth-order valence-electron chi connectivity index (χ4n) is 4.78. The predicted octanol–water partition coefficient (Wildman–Crippen LogP) is 5.66. The molecule has 4 rings (SSSR count). The van der Waals surface area contributed by atoms with E-state index in [-0.39, 0.29) is 11.9 Å². The third-order valence-electron chi connectivity index (χ3n) is 6.53. The Labute approximate surface area is 191 Å². The molecule has 1 aliphatic heterocycles. The van der Waals surface area contributed by atoms with Crippen LogP contribution in [0, 0.1) is 19.8 Å². The van der Waals surface area contributed by atoms with Crippen molar-refractivity contribution in [2.75, 3.05) is 19.6 Å². The molecular weight excluding hydrogens is 396 g/mol. The van der Waals surface area contributed by atoms with Crippen LogP contribution in [0.2, 0.25) is 0 Å². The van der Waals surface area contributed by atoms with Crippen molar-refractivity contribution in [2.45, 2.75) is 46.2 Å². The second-order valence-electron chi connectivity index (χ2n) is 9.40. The van der Waals surface area contributed by atoms with Crippen LogP contribution < -0.4 is 0 Å². The number of carbonyl (C=O) groups is 1. The molecule has 3 aromatic rings. The van der Waals surface area contributed by atoms with E-state index in [1.165, 1.54) is 11.1 Å². The summed E-state index contributed by atoms with van der Waals surface area (Å²) in [5.74, 6) is 2.82.